The van der Waals surface area contributed by atoms with E-state index >= 15 is 0 Å². The molecule has 0 fully saturated rings. The molecule has 166 valence electrons. The minimum Gasteiger partial charge on any atom is -0.466 e. The van der Waals surface area contributed by atoms with Gasteiger partial charge in [-0.2, -0.15) is 0 Å². The molecule has 2 rings (SSSR count). The summed E-state index contributed by atoms with van der Waals surface area (Å²) < 4.78 is 10.0. The topological polar surface area (TPSA) is 160 Å². The Hall–Kier alpha value is -3.96. The molecular formula is C19H21N3O9. The van der Waals surface area contributed by atoms with Gasteiger partial charge >= 0.3 is 11.9 Å². The maximum atomic E-state index is 12.9. The highest BCUT2D eigenvalue weighted by Crippen LogP contribution is 2.42. The molecule has 0 saturated carbocycles. The Kier molecular flexibility index (Phi) is 7.66. The van der Waals surface area contributed by atoms with Crippen LogP contribution in [-0.4, -0.2) is 42.3 Å². The summed E-state index contributed by atoms with van der Waals surface area (Å²) in [7, 11) is 1.16. The lowest BCUT2D eigenvalue weighted by atomic mass is 9.79. The van der Waals surface area contributed by atoms with Crippen LogP contribution in [0.25, 0.3) is 0 Å². The summed E-state index contributed by atoms with van der Waals surface area (Å²) in [4.78, 5) is 50.8. The van der Waals surface area contributed by atoms with Crippen molar-refractivity contribution in [1.29, 1.82) is 0 Å². The highest BCUT2D eigenvalue weighted by atomic mass is 16.9. The summed E-state index contributed by atoms with van der Waals surface area (Å²) >= 11 is 0. The number of dihydropyridines is 1. The van der Waals surface area contributed by atoms with E-state index in [2.05, 4.69) is 10.2 Å². The maximum absolute atomic E-state index is 12.9. The smallest absolute Gasteiger partial charge is 0.336 e. The van der Waals surface area contributed by atoms with Crippen molar-refractivity contribution in [3.05, 3.63) is 72.6 Å². The molecule has 1 heterocycles. The number of esters is 2. The van der Waals surface area contributed by atoms with E-state index in [0.717, 1.165) is 7.11 Å². The molecule has 1 N–H and O–H groups in total. The highest BCUT2D eigenvalue weighted by Gasteiger charge is 2.40. The lowest BCUT2D eigenvalue weighted by molar-refractivity contribution is -0.757. The van der Waals surface area contributed by atoms with Crippen LogP contribution in [0.1, 0.15) is 31.7 Å². The predicted molar refractivity (Wildman–Crippen MR) is 105 cm³/mol. The first-order valence-electron chi connectivity index (χ1n) is 9.13. The third-order valence-corrected chi connectivity index (χ3v) is 4.55. The van der Waals surface area contributed by atoms with Crippen molar-refractivity contribution in [3.8, 4) is 0 Å². The molecule has 0 bridgehead atoms. The Labute approximate surface area is 176 Å². The number of nitrogens with zero attached hydrogens (tertiary/aromatic N) is 2. The summed E-state index contributed by atoms with van der Waals surface area (Å²) in [6.45, 7) is 2.71. The first-order chi connectivity index (χ1) is 14.7. The average Bonchev–Trinajstić information content (AvgIpc) is 2.72. The predicted octanol–water partition coefficient (Wildman–Crippen LogP) is 2.14. The summed E-state index contributed by atoms with van der Waals surface area (Å²) in [6, 6.07) is 5.76. The number of methoxy groups -OCH3 is 1. The Morgan fingerprint density at radius 1 is 1.03 bits per heavy atom. The molecule has 1 atom stereocenters. The highest BCUT2D eigenvalue weighted by molar-refractivity contribution is 6.00. The van der Waals surface area contributed by atoms with E-state index in [0.29, 0.717) is 11.4 Å². The Morgan fingerprint density at radius 3 is 2.23 bits per heavy atom. The van der Waals surface area contributed by atoms with Gasteiger partial charge in [-0.15, -0.1) is 10.1 Å². The van der Waals surface area contributed by atoms with Crippen molar-refractivity contribution in [2.45, 2.75) is 26.2 Å². The number of benzene rings is 1. The fraction of sp³-hybridized carbons (Fsp3) is 0.368. The number of rotatable bonds is 9. The van der Waals surface area contributed by atoms with E-state index in [4.69, 9.17) is 9.47 Å². The number of carbonyl (C=O) groups is 2. The lowest BCUT2D eigenvalue weighted by Crippen LogP contribution is -2.32. The first-order valence-corrected chi connectivity index (χ1v) is 9.13. The Bertz CT molecular complexity index is 968. The summed E-state index contributed by atoms with van der Waals surface area (Å²) in [5.41, 5.74) is 0.600. The van der Waals surface area contributed by atoms with Gasteiger partial charge in [0.2, 0.25) is 0 Å². The third kappa shape index (κ3) is 5.35. The van der Waals surface area contributed by atoms with Gasteiger partial charge in [-0.05, 0) is 13.8 Å². The molecule has 12 heteroatoms. The number of allylic oxidation sites excluding steroid dienone is 2. The van der Waals surface area contributed by atoms with Crippen LogP contribution in [0.5, 0.6) is 0 Å². The fourth-order valence-electron chi connectivity index (χ4n) is 3.29. The van der Waals surface area contributed by atoms with Crippen LogP contribution < -0.4 is 5.32 Å². The van der Waals surface area contributed by atoms with Crippen LogP contribution in [-0.2, 0) is 23.9 Å². The van der Waals surface area contributed by atoms with E-state index < -0.39 is 27.9 Å². The monoisotopic (exact) mass is 435 g/mol. The molecule has 1 aliphatic rings. The van der Waals surface area contributed by atoms with Gasteiger partial charge in [0.05, 0.1) is 42.3 Å². The van der Waals surface area contributed by atoms with E-state index in [-0.39, 0.29) is 42.0 Å². The quantitative estimate of drug-likeness (QED) is 0.263. The number of hydrogen-bond donors (Lipinski definition) is 1. The van der Waals surface area contributed by atoms with Gasteiger partial charge in [0.15, 0.2) is 0 Å². The molecule has 0 aromatic heterocycles. The van der Waals surface area contributed by atoms with Crippen molar-refractivity contribution in [3.63, 3.8) is 0 Å². The number of para-hydroxylation sites is 1. The van der Waals surface area contributed by atoms with Crippen molar-refractivity contribution in [2.75, 3.05) is 20.3 Å². The van der Waals surface area contributed by atoms with Crippen LogP contribution in [0.3, 0.4) is 0 Å². The second-order valence-corrected chi connectivity index (χ2v) is 6.49. The van der Waals surface area contributed by atoms with E-state index in [1.54, 1.807) is 19.9 Å². The first kappa shape index (κ1) is 23.3. The third-order valence-electron chi connectivity index (χ3n) is 4.55. The molecule has 0 aliphatic carbocycles. The molecule has 0 spiro atoms. The van der Waals surface area contributed by atoms with Gasteiger partial charge in [-0.3, -0.25) is 10.1 Å². The lowest BCUT2D eigenvalue weighted by Gasteiger charge is -2.30. The minimum atomic E-state index is -1.11. The van der Waals surface area contributed by atoms with Crippen LogP contribution in [0, 0.1) is 20.2 Å². The molecule has 1 aromatic rings. The van der Waals surface area contributed by atoms with Gasteiger partial charge < -0.3 is 19.6 Å². The van der Waals surface area contributed by atoms with Crippen LogP contribution in [0.15, 0.2) is 46.8 Å². The van der Waals surface area contributed by atoms with Crippen LogP contribution >= 0.6 is 0 Å². The zero-order chi connectivity index (χ0) is 23.1. The van der Waals surface area contributed by atoms with Gasteiger partial charge in [0, 0.05) is 29.4 Å². The molecule has 31 heavy (non-hydrogen) atoms. The van der Waals surface area contributed by atoms with Crippen molar-refractivity contribution >= 4 is 17.6 Å². The second kappa shape index (κ2) is 10.2. The summed E-state index contributed by atoms with van der Waals surface area (Å²) in [5, 5.41) is 23.8. The standard InChI is InChI=1S/C19H21N3O9/c1-11-15(18(23)29-3)17(13-7-4-5-8-14(13)21(25)26)16(12(2)20-11)19(24)30-9-6-10-31-22(27)28/h4-5,7-8,17,20H,6,9-10H2,1-3H3. The molecular weight excluding hydrogens is 414 g/mol. The second-order valence-electron chi connectivity index (χ2n) is 6.49. The van der Waals surface area contributed by atoms with Gasteiger partial charge in [0.25, 0.3) is 10.8 Å². The van der Waals surface area contributed by atoms with Gasteiger partial charge in [-0.25, -0.2) is 9.59 Å². The summed E-state index contributed by atoms with van der Waals surface area (Å²) in [6.07, 6.45) is 0.0569. The zero-order valence-corrected chi connectivity index (χ0v) is 17.1. The SMILES string of the molecule is COC(=O)C1=C(C)NC(C)=C(C(=O)OCCCO[N+](=O)[O-])C1c1ccccc1[N+](=O)[O-]. The molecule has 1 aliphatic heterocycles. The fourth-order valence-corrected chi connectivity index (χ4v) is 3.29. The molecule has 0 amide bonds. The normalized spacial score (nSPS) is 15.8. The van der Waals surface area contributed by atoms with Crippen LogP contribution in [0.4, 0.5) is 5.69 Å². The van der Waals surface area contributed by atoms with Crippen molar-refractivity contribution < 1.29 is 33.9 Å². The van der Waals surface area contributed by atoms with Crippen molar-refractivity contribution in [2.24, 2.45) is 0 Å². The molecule has 12 nitrogen and oxygen atoms in total. The Balaban J connectivity index is 2.46. The maximum Gasteiger partial charge on any atom is 0.336 e. The number of carbonyl (C=O) groups excluding carboxylic acids is 2. The number of nitro benzene ring substituents is 1. The largest absolute Gasteiger partial charge is 0.466 e. The molecule has 0 saturated heterocycles. The van der Waals surface area contributed by atoms with Gasteiger partial charge in [0.1, 0.15) is 0 Å². The van der Waals surface area contributed by atoms with E-state index in [1.807, 2.05) is 0 Å². The molecule has 1 unspecified atom stereocenters. The van der Waals surface area contributed by atoms with E-state index in [1.165, 1.54) is 18.2 Å². The molecule has 0 radical (unpaired) electrons. The molecule has 1 aromatic carbocycles. The van der Waals surface area contributed by atoms with Gasteiger partial charge in [-0.1, -0.05) is 18.2 Å². The zero-order valence-electron chi connectivity index (χ0n) is 17.1. The van der Waals surface area contributed by atoms with Crippen molar-refractivity contribution in [1.82, 2.24) is 5.32 Å². The van der Waals surface area contributed by atoms with Crippen LogP contribution in [0.2, 0.25) is 0 Å². The number of ether oxygens (including phenoxy) is 2. The summed E-state index contributed by atoms with van der Waals surface area (Å²) in [5.74, 6) is -2.70. The number of hydrogen-bond acceptors (Lipinski definition) is 10. The Morgan fingerprint density at radius 2 is 1.65 bits per heavy atom. The number of nitrogens with one attached hydrogen (secondary N) is 1. The minimum absolute atomic E-state index is 0.00417. The average molecular weight is 435 g/mol. The number of nitro groups is 1. The van der Waals surface area contributed by atoms with E-state index in [9.17, 15) is 29.8 Å².